The summed E-state index contributed by atoms with van der Waals surface area (Å²) in [6, 6.07) is -0.630. The Morgan fingerprint density at radius 3 is 2.24 bits per heavy atom. The Morgan fingerprint density at radius 2 is 1.82 bits per heavy atom. The minimum absolute atomic E-state index is 0.0655. The maximum absolute atomic E-state index is 11.6. The van der Waals surface area contributed by atoms with Crippen LogP contribution in [-0.4, -0.2) is 36.7 Å². The van der Waals surface area contributed by atoms with E-state index in [1.807, 2.05) is 6.92 Å². The molecule has 0 aromatic carbocycles. The van der Waals surface area contributed by atoms with Gasteiger partial charge in [-0.15, -0.1) is 0 Å². The molecule has 0 aliphatic rings. The molecule has 1 amide bonds. The fraction of sp³-hybridized carbons (Fsp3) is 0.833. The Morgan fingerprint density at radius 1 is 1.24 bits per heavy atom. The van der Waals surface area contributed by atoms with Crippen molar-refractivity contribution in [2.24, 2.45) is 0 Å². The van der Waals surface area contributed by atoms with Gasteiger partial charge in [0.2, 0.25) is 0 Å². The molecule has 0 aliphatic carbocycles. The molecule has 1 atom stereocenters. The van der Waals surface area contributed by atoms with Gasteiger partial charge in [0.05, 0.1) is 6.61 Å². The van der Waals surface area contributed by atoms with Crippen molar-refractivity contribution < 1.29 is 19.1 Å². The van der Waals surface area contributed by atoms with E-state index >= 15 is 0 Å². The van der Waals surface area contributed by atoms with Crippen LogP contribution in [0.5, 0.6) is 0 Å². The number of carbonyl (C=O) groups is 2. The van der Waals surface area contributed by atoms with Crippen LogP contribution >= 0.6 is 0 Å². The molecule has 0 unspecified atom stereocenters. The van der Waals surface area contributed by atoms with E-state index < -0.39 is 17.7 Å². The van der Waals surface area contributed by atoms with E-state index in [-0.39, 0.29) is 12.4 Å². The number of nitrogens with one attached hydrogen (secondary N) is 1. The lowest BCUT2D eigenvalue weighted by Crippen LogP contribution is -2.45. The fourth-order valence-electron chi connectivity index (χ4n) is 1.15. The summed E-state index contributed by atoms with van der Waals surface area (Å²) >= 11 is 0. The average Bonchev–Trinajstić information content (AvgIpc) is 2.20. The van der Waals surface area contributed by atoms with Gasteiger partial charge in [0.15, 0.2) is 5.78 Å². The monoisotopic (exact) mass is 245 g/mol. The minimum atomic E-state index is -0.630. The van der Waals surface area contributed by atoms with Crippen molar-refractivity contribution in [3.63, 3.8) is 0 Å². The molecule has 100 valence electrons. The van der Waals surface area contributed by atoms with Crippen molar-refractivity contribution in [2.45, 2.75) is 52.7 Å². The highest BCUT2D eigenvalue weighted by molar-refractivity contribution is 5.87. The summed E-state index contributed by atoms with van der Waals surface area (Å²) in [5.74, 6) is -0.0655. The Kier molecular flexibility index (Phi) is 6.80. The maximum Gasteiger partial charge on any atom is 0.408 e. The summed E-state index contributed by atoms with van der Waals surface area (Å²) in [6.07, 6.45) is -0.239. The van der Waals surface area contributed by atoms with Gasteiger partial charge in [0.25, 0.3) is 0 Å². The first-order valence-corrected chi connectivity index (χ1v) is 5.90. The van der Waals surface area contributed by atoms with Gasteiger partial charge in [0, 0.05) is 13.0 Å². The molecule has 0 fully saturated rings. The summed E-state index contributed by atoms with van der Waals surface area (Å²) in [4.78, 5) is 23.1. The number of Topliss-reactive ketones (excluding diaryl/α,β-unsaturated/α-hetero) is 1. The smallest absolute Gasteiger partial charge is 0.408 e. The second-order valence-electron chi connectivity index (χ2n) is 4.68. The molecule has 0 radical (unpaired) electrons. The van der Waals surface area contributed by atoms with Crippen LogP contribution in [-0.2, 0) is 14.3 Å². The van der Waals surface area contributed by atoms with E-state index in [0.717, 1.165) is 0 Å². The first-order valence-electron chi connectivity index (χ1n) is 5.90. The van der Waals surface area contributed by atoms with E-state index in [9.17, 15) is 9.59 Å². The van der Waals surface area contributed by atoms with Crippen LogP contribution in [0.2, 0.25) is 0 Å². The third-order valence-corrected chi connectivity index (χ3v) is 1.92. The molecular weight excluding hydrogens is 222 g/mol. The van der Waals surface area contributed by atoms with Crippen molar-refractivity contribution >= 4 is 11.9 Å². The van der Waals surface area contributed by atoms with E-state index in [1.54, 1.807) is 27.7 Å². The molecule has 0 saturated heterocycles. The van der Waals surface area contributed by atoms with Crippen LogP contribution in [0.1, 0.15) is 41.0 Å². The van der Waals surface area contributed by atoms with Crippen LogP contribution in [0.4, 0.5) is 4.79 Å². The van der Waals surface area contributed by atoms with Gasteiger partial charge in [-0.05, 0) is 27.7 Å². The molecule has 5 heteroatoms. The largest absolute Gasteiger partial charge is 0.444 e. The van der Waals surface area contributed by atoms with E-state index in [2.05, 4.69) is 5.32 Å². The Labute approximate surface area is 103 Å². The van der Waals surface area contributed by atoms with Gasteiger partial charge >= 0.3 is 6.09 Å². The second kappa shape index (κ2) is 7.27. The third-order valence-electron chi connectivity index (χ3n) is 1.92. The third kappa shape index (κ3) is 7.74. The highest BCUT2D eigenvalue weighted by atomic mass is 16.6. The van der Waals surface area contributed by atoms with Crippen molar-refractivity contribution in [3.05, 3.63) is 0 Å². The zero-order valence-corrected chi connectivity index (χ0v) is 11.3. The molecule has 17 heavy (non-hydrogen) atoms. The van der Waals surface area contributed by atoms with Crippen LogP contribution in [0.15, 0.2) is 0 Å². The highest BCUT2D eigenvalue weighted by Gasteiger charge is 2.23. The standard InChI is InChI=1S/C12H23NO4/c1-6-10(14)9(8-16-7-2)13-11(15)17-12(3,4)5/h9H,6-8H2,1-5H3,(H,13,15)/t9-/m1/s1. The first-order chi connectivity index (χ1) is 7.80. The topological polar surface area (TPSA) is 64.6 Å². The van der Waals surface area contributed by atoms with Crippen LogP contribution in [0.25, 0.3) is 0 Å². The van der Waals surface area contributed by atoms with Gasteiger partial charge in [-0.25, -0.2) is 4.79 Å². The van der Waals surface area contributed by atoms with Gasteiger partial charge in [-0.1, -0.05) is 6.92 Å². The quantitative estimate of drug-likeness (QED) is 0.776. The summed E-state index contributed by atoms with van der Waals surface area (Å²) in [5, 5.41) is 2.52. The minimum Gasteiger partial charge on any atom is -0.444 e. The van der Waals surface area contributed by atoms with Crippen LogP contribution < -0.4 is 5.32 Å². The predicted molar refractivity (Wildman–Crippen MR) is 64.9 cm³/mol. The summed E-state index contributed by atoms with van der Waals surface area (Å²) in [6.45, 7) is 9.58. The molecule has 0 aromatic heterocycles. The van der Waals surface area contributed by atoms with Crippen molar-refractivity contribution in [1.82, 2.24) is 5.32 Å². The SMILES string of the molecule is CCOC[C@@H](NC(=O)OC(C)(C)C)C(=O)CC. The summed E-state index contributed by atoms with van der Waals surface area (Å²) in [7, 11) is 0. The van der Waals surface area contributed by atoms with Gasteiger partial charge in [-0.2, -0.15) is 0 Å². The number of ether oxygens (including phenoxy) is 2. The predicted octanol–water partition coefficient (Wildman–Crippen LogP) is 1.90. The number of hydrogen-bond acceptors (Lipinski definition) is 4. The summed E-state index contributed by atoms with van der Waals surface area (Å²) < 4.78 is 10.2. The lowest BCUT2D eigenvalue weighted by molar-refractivity contribution is -0.122. The van der Waals surface area contributed by atoms with Crippen LogP contribution in [0.3, 0.4) is 0 Å². The average molecular weight is 245 g/mol. The van der Waals surface area contributed by atoms with Gasteiger partial charge in [-0.3, -0.25) is 4.79 Å². The normalized spacial score (nSPS) is 13.0. The second-order valence-corrected chi connectivity index (χ2v) is 4.68. The number of rotatable bonds is 6. The van der Waals surface area contributed by atoms with Crippen molar-refractivity contribution in [1.29, 1.82) is 0 Å². The molecular formula is C12H23NO4. The molecule has 5 nitrogen and oxygen atoms in total. The van der Waals surface area contributed by atoms with E-state index in [4.69, 9.17) is 9.47 Å². The number of amides is 1. The highest BCUT2D eigenvalue weighted by Crippen LogP contribution is 2.07. The molecule has 0 heterocycles. The molecule has 0 bridgehead atoms. The van der Waals surface area contributed by atoms with Crippen LogP contribution in [0, 0.1) is 0 Å². The zero-order chi connectivity index (χ0) is 13.5. The molecule has 1 N–H and O–H groups in total. The molecule has 0 saturated carbocycles. The number of alkyl carbamates (subject to hydrolysis) is 1. The van der Waals surface area contributed by atoms with Gasteiger partial charge in [0.1, 0.15) is 11.6 Å². The van der Waals surface area contributed by atoms with Crippen molar-refractivity contribution in [2.75, 3.05) is 13.2 Å². The number of hydrogen-bond donors (Lipinski definition) is 1. The van der Waals surface area contributed by atoms with E-state index in [1.165, 1.54) is 0 Å². The number of carbonyl (C=O) groups excluding carboxylic acids is 2. The maximum atomic E-state index is 11.6. The van der Waals surface area contributed by atoms with Gasteiger partial charge < -0.3 is 14.8 Å². The zero-order valence-electron chi connectivity index (χ0n) is 11.3. The summed E-state index contributed by atoms with van der Waals surface area (Å²) in [5.41, 5.74) is -0.574. The van der Waals surface area contributed by atoms with Crippen molar-refractivity contribution in [3.8, 4) is 0 Å². The fourth-order valence-corrected chi connectivity index (χ4v) is 1.15. The molecule has 0 aromatic rings. The molecule has 0 rings (SSSR count). The lowest BCUT2D eigenvalue weighted by Gasteiger charge is -2.22. The lowest BCUT2D eigenvalue weighted by atomic mass is 10.1. The Bertz CT molecular complexity index is 258. The Balaban J connectivity index is 4.32. The molecule has 0 spiro atoms. The van der Waals surface area contributed by atoms with E-state index in [0.29, 0.717) is 13.0 Å². The number of ketones is 1. The Hall–Kier alpha value is -1.10. The first kappa shape index (κ1) is 15.9. The molecule has 0 aliphatic heterocycles.